The van der Waals surface area contributed by atoms with Gasteiger partial charge in [-0.15, -0.1) is 0 Å². The number of carbonyl (C=O) groups is 3. The van der Waals surface area contributed by atoms with Gasteiger partial charge in [0.2, 0.25) is 5.91 Å². The van der Waals surface area contributed by atoms with Crippen LogP contribution in [-0.4, -0.2) is 38.6 Å². The maximum atomic E-state index is 13.5. The molecule has 3 aromatic rings. The van der Waals surface area contributed by atoms with Crippen LogP contribution in [0.25, 0.3) is 0 Å². The Morgan fingerprint density at radius 2 is 1.84 bits per heavy atom. The maximum Gasteiger partial charge on any atom is 0.323 e. The summed E-state index contributed by atoms with van der Waals surface area (Å²) < 4.78 is 5.17. The number of likely N-dealkylation sites (tertiary alicyclic amines) is 1. The summed E-state index contributed by atoms with van der Waals surface area (Å²) in [6.45, 7) is 5.98. The number of aliphatic carboxylic acids is 1. The van der Waals surface area contributed by atoms with Gasteiger partial charge < -0.3 is 25.2 Å². The van der Waals surface area contributed by atoms with E-state index in [4.69, 9.17) is 9.63 Å². The van der Waals surface area contributed by atoms with Crippen molar-refractivity contribution in [1.82, 2.24) is 10.1 Å². The number of aromatic nitrogens is 1. The first-order valence-corrected chi connectivity index (χ1v) is 12.3. The fourth-order valence-electron chi connectivity index (χ4n) is 4.86. The lowest BCUT2D eigenvalue weighted by molar-refractivity contribution is -0.137. The summed E-state index contributed by atoms with van der Waals surface area (Å²) in [5.74, 6) is -0.935. The summed E-state index contributed by atoms with van der Waals surface area (Å²) in [6, 6.07) is 14.1. The molecule has 0 aliphatic carbocycles. The van der Waals surface area contributed by atoms with Gasteiger partial charge in [-0.05, 0) is 69.4 Å². The molecular weight excluding hydrogens is 472 g/mol. The minimum absolute atomic E-state index is 0.0262. The number of anilines is 2. The van der Waals surface area contributed by atoms with Gasteiger partial charge in [-0.25, -0.2) is 4.79 Å². The zero-order valence-electron chi connectivity index (χ0n) is 21.3. The van der Waals surface area contributed by atoms with Gasteiger partial charge in [0, 0.05) is 28.9 Å². The third-order valence-corrected chi connectivity index (χ3v) is 6.82. The molecule has 0 saturated carbocycles. The molecule has 2 heterocycles. The highest BCUT2D eigenvalue weighted by Gasteiger charge is 2.44. The summed E-state index contributed by atoms with van der Waals surface area (Å²) in [5.41, 5.74) is 4.13. The van der Waals surface area contributed by atoms with Gasteiger partial charge >= 0.3 is 12.0 Å². The number of urea groups is 1. The van der Waals surface area contributed by atoms with Crippen LogP contribution in [0.2, 0.25) is 0 Å². The number of carbonyl (C=O) groups excluding carboxylic acids is 2. The van der Waals surface area contributed by atoms with E-state index in [1.807, 2.05) is 62.1 Å². The first kappa shape index (κ1) is 25.9. The molecule has 1 fully saturated rings. The molecule has 1 aromatic heterocycles. The molecular formula is C28H32N4O5. The zero-order chi connectivity index (χ0) is 26.6. The summed E-state index contributed by atoms with van der Waals surface area (Å²) in [6.07, 6.45) is 3.48. The van der Waals surface area contributed by atoms with Crippen molar-refractivity contribution >= 4 is 29.3 Å². The van der Waals surface area contributed by atoms with Crippen LogP contribution >= 0.6 is 0 Å². The lowest BCUT2D eigenvalue weighted by Crippen LogP contribution is -2.45. The molecule has 0 spiro atoms. The van der Waals surface area contributed by atoms with Gasteiger partial charge in [0.1, 0.15) is 12.0 Å². The fraction of sp³-hybridized carbons (Fsp3) is 0.357. The number of para-hydroxylation sites is 1. The van der Waals surface area contributed by atoms with E-state index in [-0.39, 0.29) is 36.4 Å². The summed E-state index contributed by atoms with van der Waals surface area (Å²) in [4.78, 5) is 38.8. The van der Waals surface area contributed by atoms with E-state index in [1.165, 1.54) is 6.26 Å². The number of hydrogen-bond donors (Lipinski definition) is 3. The van der Waals surface area contributed by atoms with E-state index in [9.17, 15) is 14.4 Å². The van der Waals surface area contributed by atoms with Crippen LogP contribution in [0.15, 0.2) is 59.3 Å². The summed E-state index contributed by atoms with van der Waals surface area (Å²) >= 11 is 0. The molecule has 0 radical (unpaired) electrons. The number of aryl methyl sites for hydroxylation is 2. The Kier molecular flexibility index (Phi) is 7.61. The average Bonchev–Trinajstić information content (AvgIpc) is 3.43. The van der Waals surface area contributed by atoms with Crippen molar-refractivity contribution in [1.29, 1.82) is 0 Å². The van der Waals surface area contributed by atoms with E-state index < -0.39 is 5.97 Å². The van der Waals surface area contributed by atoms with Crippen LogP contribution in [0.3, 0.4) is 0 Å². The van der Waals surface area contributed by atoms with Crippen LogP contribution in [-0.2, 0) is 22.4 Å². The van der Waals surface area contributed by atoms with Crippen molar-refractivity contribution in [3.63, 3.8) is 0 Å². The number of carboxylic acid groups (broad SMARTS) is 1. The average molecular weight is 505 g/mol. The van der Waals surface area contributed by atoms with Gasteiger partial charge in [0.05, 0.1) is 12.5 Å². The van der Waals surface area contributed by atoms with Gasteiger partial charge in [-0.2, -0.15) is 0 Å². The van der Waals surface area contributed by atoms with E-state index in [1.54, 1.807) is 12.1 Å². The first-order chi connectivity index (χ1) is 17.6. The highest BCUT2D eigenvalue weighted by atomic mass is 16.5. The number of rotatable bonds is 8. The highest BCUT2D eigenvalue weighted by molar-refractivity contribution is 6.00. The van der Waals surface area contributed by atoms with Crippen molar-refractivity contribution in [3.05, 3.63) is 77.2 Å². The van der Waals surface area contributed by atoms with Crippen LogP contribution in [0.1, 0.15) is 61.5 Å². The Morgan fingerprint density at radius 3 is 2.54 bits per heavy atom. The normalized spacial score (nSPS) is 16.4. The topological polar surface area (TPSA) is 125 Å². The lowest BCUT2D eigenvalue weighted by Gasteiger charge is -2.35. The SMILES string of the molecule is Cc1ccccc1NC(=O)Nc1ccc(CC(=O)N2C(c3nocc3CCC(=O)O)CCC2(C)C)cc1. The van der Waals surface area contributed by atoms with Crippen LogP contribution < -0.4 is 10.6 Å². The molecule has 1 unspecified atom stereocenters. The number of hydrogen-bond acceptors (Lipinski definition) is 5. The highest BCUT2D eigenvalue weighted by Crippen LogP contribution is 2.43. The molecule has 1 atom stereocenters. The third kappa shape index (κ3) is 6.17. The molecule has 194 valence electrons. The Hall–Kier alpha value is -4.14. The van der Waals surface area contributed by atoms with Gasteiger partial charge in [-0.3, -0.25) is 9.59 Å². The first-order valence-electron chi connectivity index (χ1n) is 12.3. The molecule has 0 bridgehead atoms. The van der Waals surface area contributed by atoms with Crippen LogP contribution in [0.5, 0.6) is 0 Å². The number of carboxylic acids is 1. The van der Waals surface area contributed by atoms with E-state index in [0.29, 0.717) is 17.8 Å². The molecule has 1 aliphatic rings. The van der Waals surface area contributed by atoms with Crippen molar-refractivity contribution in [2.45, 2.75) is 64.5 Å². The smallest absolute Gasteiger partial charge is 0.323 e. The Balaban J connectivity index is 1.42. The molecule has 3 N–H and O–H groups in total. The lowest BCUT2D eigenvalue weighted by atomic mass is 10.0. The Labute approximate surface area is 215 Å². The van der Waals surface area contributed by atoms with E-state index in [0.717, 1.165) is 35.2 Å². The van der Waals surface area contributed by atoms with Crippen molar-refractivity contribution in [2.24, 2.45) is 0 Å². The van der Waals surface area contributed by atoms with Gasteiger partial charge in [-0.1, -0.05) is 35.5 Å². The number of amides is 3. The molecule has 1 saturated heterocycles. The minimum Gasteiger partial charge on any atom is -0.481 e. The number of nitrogens with one attached hydrogen (secondary N) is 2. The second-order valence-corrected chi connectivity index (χ2v) is 10.0. The van der Waals surface area contributed by atoms with E-state index >= 15 is 0 Å². The second-order valence-electron chi connectivity index (χ2n) is 10.0. The molecule has 9 heteroatoms. The largest absolute Gasteiger partial charge is 0.481 e. The van der Waals surface area contributed by atoms with E-state index in [2.05, 4.69) is 15.8 Å². The van der Waals surface area contributed by atoms with Gasteiger partial charge in [0.15, 0.2) is 0 Å². The molecule has 37 heavy (non-hydrogen) atoms. The molecule has 1 aliphatic heterocycles. The zero-order valence-corrected chi connectivity index (χ0v) is 21.3. The van der Waals surface area contributed by atoms with Crippen molar-refractivity contribution in [2.75, 3.05) is 10.6 Å². The Bertz CT molecular complexity index is 1280. The Morgan fingerprint density at radius 1 is 1.11 bits per heavy atom. The van der Waals surface area contributed by atoms with Gasteiger partial charge in [0.25, 0.3) is 0 Å². The maximum absolute atomic E-state index is 13.5. The molecule has 2 aromatic carbocycles. The minimum atomic E-state index is -0.891. The summed E-state index contributed by atoms with van der Waals surface area (Å²) in [5, 5.41) is 18.9. The fourth-order valence-corrected chi connectivity index (χ4v) is 4.86. The molecule has 4 rings (SSSR count). The quantitative estimate of drug-likeness (QED) is 0.381. The molecule has 3 amide bonds. The van der Waals surface area contributed by atoms with Crippen LogP contribution in [0, 0.1) is 6.92 Å². The summed E-state index contributed by atoms with van der Waals surface area (Å²) in [7, 11) is 0. The van der Waals surface area contributed by atoms with Crippen LogP contribution in [0.4, 0.5) is 16.2 Å². The second kappa shape index (κ2) is 10.9. The number of nitrogens with zero attached hydrogens (tertiary/aromatic N) is 2. The molecule has 9 nitrogen and oxygen atoms in total. The van der Waals surface area contributed by atoms with Crippen molar-refractivity contribution < 1.29 is 24.0 Å². The predicted octanol–water partition coefficient (Wildman–Crippen LogP) is 5.33. The third-order valence-electron chi connectivity index (χ3n) is 6.82. The predicted molar refractivity (Wildman–Crippen MR) is 139 cm³/mol. The van der Waals surface area contributed by atoms with Crippen molar-refractivity contribution in [3.8, 4) is 0 Å². The standard InChI is InChI=1S/C28H32N4O5/c1-18-6-4-5-7-22(18)30-27(36)29-21-11-8-19(9-12-21)16-24(33)32-23(14-15-28(32,2)3)26-20(17-37-31-26)10-13-25(34)35/h4-9,11-12,17,23H,10,13-16H2,1-3H3,(H,34,35)(H2,29,30,36). The number of benzene rings is 2. The monoisotopic (exact) mass is 504 g/mol.